The Bertz CT molecular complexity index is 534. The van der Waals surface area contributed by atoms with Crippen LogP contribution in [-0.2, 0) is 16.0 Å². The third-order valence-electron chi connectivity index (χ3n) is 4.02. The van der Waals surface area contributed by atoms with Gasteiger partial charge < -0.3 is 10.0 Å². The van der Waals surface area contributed by atoms with Crippen LogP contribution < -0.4 is 0 Å². The van der Waals surface area contributed by atoms with Gasteiger partial charge in [-0.2, -0.15) is 0 Å². The molecule has 0 unspecified atom stereocenters. The largest absolute Gasteiger partial charge is 0.481 e. The molecule has 0 aromatic carbocycles. The lowest BCUT2D eigenvalue weighted by Gasteiger charge is -2.31. The SMILES string of the molecule is CC(=O)N1CCC(c2cc(CCC(=O)O)cc(C)n2)CC1. The molecule has 1 saturated heterocycles. The second-order valence-electron chi connectivity index (χ2n) is 5.72. The van der Waals surface area contributed by atoms with Crippen LogP contribution in [0.5, 0.6) is 0 Å². The molecule has 1 N–H and O–H groups in total. The summed E-state index contributed by atoms with van der Waals surface area (Å²) in [7, 11) is 0. The second-order valence-corrected chi connectivity index (χ2v) is 5.72. The lowest BCUT2D eigenvalue weighted by atomic mass is 9.91. The molecule has 0 bridgehead atoms. The Morgan fingerprint density at radius 1 is 1.33 bits per heavy atom. The summed E-state index contributed by atoms with van der Waals surface area (Å²) in [5.41, 5.74) is 3.01. The zero-order valence-corrected chi connectivity index (χ0v) is 12.6. The number of rotatable bonds is 4. The van der Waals surface area contributed by atoms with E-state index in [9.17, 15) is 9.59 Å². The van der Waals surface area contributed by atoms with Crippen molar-refractivity contribution in [3.05, 3.63) is 29.1 Å². The van der Waals surface area contributed by atoms with E-state index < -0.39 is 5.97 Å². The molecule has 1 aromatic rings. The molecule has 1 aliphatic heterocycles. The normalized spacial score (nSPS) is 16.0. The van der Waals surface area contributed by atoms with E-state index in [-0.39, 0.29) is 12.3 Å². The molecule has 0 aliphatic carbocycles. The first-order valence-electron chi connectivity index (χ1n) is 7.40. The van der Waals surface area contributed by atoms with E-state index in [0.717, 1.165) is 42.9 Å². The summed E-state index contributed by atoms with van der Waals surface area (Å²) in [5.74, 6) is -0.280. The van der Waals surface area contributed by atoms with Crippen LogP contribution in [0, 0.1) is 6.92 Å². The molecule has 1 aromatic heterocycles. The number of carbonyl (C=O) groups is 2. The summed E-state index contributed by atoms with van der Waals surface area (Å²) >= 11 is 0. The minimum Gasteiger partial charge on any atom is -0.481 e. The van der Waals surface area contributed by atoms with Gasteiger partial charge in [0.25, 0.3) is 0 Å². The molecule has 2 rings (SSSR count). The molecule has 1 fully saturated rings. The lowest BCUT2D eigenvalue weighted by Crippen LogP contribution is -2.36. The highest BCUT2D eigenvalue weighted by Gasteiger charge is 2.23. The van der Waals surface area contributed by atoms with Crippen molar-refractivity contribution in [1.29, 1.82) is 0 Å². The summed E-state index contributed by atoms with van der Waals surface area (Å²) < 4.78 is 0. The van der Waals surface area contributed by atoms with E-state index in [0.29, 0.717) is 12.3 Å². The van der Waals surface area contributed by atoms with Crippen molar-refractivity contribution in [3.8, 4) is 0 Å². The van der Waals surface area contributed by atoms with Crippen molar-refractivity contribution in [2.24, 2.45) is 0 Å². The number of piperidine rings is 1. The van der Waals surface area contributed by atoms with Gasteiger partial charge in [0.1, 0.15) is 0 Å². The highest BCUT2D eigenvalue weighted by molar-refractivity contribution is 5.73. The predicted octanol–water partition coefficient (Wildman–Crippen LogP) is 2.13. The van der Waals surface area contributed by atoms with Gasteiger partial charge >= 0.3 is 5.97 Å². The van der Waals surface area contributed by atoms with Crippen LogP contribution >= 0.6 is 0 Å². The van der Waals surface area contributed by atoms with Gasteiger partial charge in [-0.25, -0.2) is 0 Å². The number of carboxylic acids is 1. The summed E-state index contributed by atoms with van der Waals surface area (Å²) in [6.07, 6.45) is 2.53. The Morgan fingerprint density at radius 2 is 2.00 bits per heavy atom. The fourth-order valence-corrected chi connectivity index (χ4v) is 2.86. The zero-order valence-electron chi connectivity index (χ0n) is 12.6. The summed E-state index contributed by atoms with van der Waals surface area (Å²) in [6, 6.07) is 3.99. The van der Waals surface area contributed by atoms with Gasteiger partial charge in [-0.3, -0.25) is 14.6 Å². The highest BCUT2D eigenvalue weighted by Crippen LogP contribution is 2.27. The molecule has 21 heavy (non-hydrogen) atoms. The van der Waals surface area contributed by atoms with Crippen molar-refractivity contribution < 1.29 is 14.7 Å². The van der Waals surface area contributed by atoms with Crippen molar-refractivity contribution in [1.82, 2.24) is 9.88 Å². The van der Waals surface area contributed by atoms with Crippen LogP contribution in [0.2, 0.25) is 0 Å². The number of pyridine rings is 1. The number of nitrogens with zero attached hydrogens (tertiary/aromatic N) is 2. The van der Waals surface area contributed by atoms with E-state index in [1.165, 1.54) is 0 Å². The van der Waals surface area contributed by atoms with Crippen LogP contribution in [0.4, 0.5) is 0 Å². The molecular weight excluding hydrogens is 268 g/mol. The van der Waals surface area contributed by atoms with Crippen molar-refractivity contribution >= 4 is 11.9 Å². The van der Waals surface area contributed by atoms with Gasteiger partial charge in [0, 0.05) is 43.7 Å². The van der Waals surface area contributed by atoms with Crippen LogP contribution in [0.15, 0.2) is 12.1 Å². The number of aromatic nitrogens is 1. The van der Waals surface area contributed by atoms with E-state index >= 15 is 0 Å². The second kappa shape index (κ2) is 6.70. The molecule has 5 heteroatoms. The molecule has 5 nitrogen and oxygen atoms in total. The molecule has 0 radical (unpaired) electrons. The first kappa shape index (κ1) is 15.5. The Kier molecular flexibility index (Phi) is 4.94. The van der Waals surface area contributed by atoms with Crippen LogP contribution in [0.3, 0.4) is 0 Å². The Hall–Kier alpha value is -1.91. The first-order chi connectivity index (χ1) is 9.95. The Labute approximate surface area is 125 Å². The molecule has 2 heterocycles. The number of hydrogen-bond acceptors (Lipinski definition) is 3. The van der Waals surface area contributed by atoms with Crippen molar-refractivity contribution in [2.45, 2.75) is 45.4 Å². The number of amides is 1. The third-order valence-corrected chi connectivity index (χ3v) is 4.02. The fourth-order valence-electron chi connectivity index (χ4n) is 2.86. The first-order valence-corrected chi connectivity index (χ1v) is 7.40. The molecular formula is C16H22N2O3. The van der Waals surface area contributed by atoms with E-state index in [1.807, 2.05) is 24.0 Å². The van der Waals surface area contributed by atoms with Gasteiger partial charge in [0.2, 0.25) is 5.91 Å². The van der Waals surface area contributed by atoms with Gasteiger partial charge in [0.15, 0.2) is 0 Å². The molecule has 0 spiro atoms. The predicted molar refractivity (Wildman–Crippen MR) is 79.2 cm³/mol. The summed E-state index contributed by atoms with van der Waals surface area (Å²) in [6.45, 7) is 5.11. The maximum absolute atomic E-state index is 11.4. The lowest BCUT2D eigenvalue weighted by molar-refractivity contribution is -0.137. The standard InChI is InChI=1S/C16H22N2O3/c1-11-9-13(3-4-16(20)21)10-15(17-11)14-5-7-18(8-6-14)12(2)19/h9-10,14H,3-8H2,1-2H3,(H,20,21). The highest BCUT2D eigenvalue weighted by atomic mass is 16.4. The molecule has 0 atom stereocenters. The summed E-state index contributed by atoms with van der Waals surface area (Å²) in [4.78, 5) is 28.5. The fraction of sp³-hybridized carbons (Fsp3) is 0.562. The van der Waals surface area contributed by atoms with Gasteiger partial charge in [-0.05, 0) is 43.9 Å². The average molecular weight is 290 g/mol. The minimum atomic E-state index is -0.777. The quantitative estimate of drug-likeness (QED) is 0.922. The van der Waals surface area contributed by atoms with E-state index in [2.05, 4.69) is 4.98 Å². The van der Waals surface area contributed by atoms with Crippen LogP contribution in [0.1, 0.15) is 49.1 Å². The van der Waals surface area contributed by atoms with Gasteiger partial charge in [-0.1, -0.05) is 0 Å². The maximum Gasteiger partial charge on any atom is 0.303 e. The average Bonchev–Trinajstić information content (AvgIpc) is 2.44. The molecule has 0 saturated carbocycles. The van der Waals surface area contributed by atoms with Crippen molar-refractivity contribution in [3.63, 3.8) is 0 Å². The number of aryl methyl sites for hydroxylation is 2. The Balaban J connectivity index is 2.06. The number of aliphatic carboxylic acids is 1. The minimum absolute atomic E-state index is 0.132. The van der Waals surface area contributed by atoms with E-state index in [1.54, 1.807) is 6.92 Å². The smallest absolute Gasteiger partial charge is 0.303 e. The monoisotopic (exact) mass is 290 g/mol. The Morgan fingerprint density at radius 3 is 2.57 bits per heavy atom. The zero-order chi connectivity index (χ0) is 15.4. The number of carbonyl (C=O) groups excluding carboxylic acids is 1. The third kappa shape index (κ3) is 4.28. The maximum atomic E-state index is 11.4. The van der Waals surface area contributed by atoms with Gasteiger partial charge in [-0.15, -0.1) is 0 Å². The van der Waals surface area contributed by atoms with Crippen LogP contribution in [-0.4, -0.2) is 40.0 Å². The number of carboxylic acid groups (broad SMARTS) is 1. The van der Waals surface area contributed by atoms with Crippen molar-refractivity contribution in [2.75, 3.05) is 13.1 Å². The number of hydrogen-bond donors (Lipinski definition) is 1. The van der Waals surface area contributed by atoms with Gasteiger partial charge in [0.05, 0.1) is 0 Å². The molecule has 1 aliphatic rings. The molecule has 114 valence electrons. The topological polar surface area (TPSA) is 70.5 Å². The van der Waals surface area contributed by atoms with Crippen LogP contribution in [0.25, 0.3) is 0 Å². The summed E-state index contributed by atoms with van der Waals surface area (Å²) in [5, 5.41) is 8.79. The number of likely N-dealkylation sites (tertiary alicyclic amines) is 1. The van der Waals surface area contributed by atoms with E-state index in [4.69, 9.17) is 5.11 Å². The molecule has 1 amide bonds.